The Balaban J connectivity index is 2.05. The smallest absolute Gasteiger partial charge is 0.0223 e. The highest BCUT2D eigenvalue weighted by Gasteiger charge is 2.22. The topological polar surface area (TPSA) is 0 Å². The van der Waals surface area contributed by atoms with E-state index in [0.717, 1.165) is 17.7 Å². The highest BCUT2D eigenvalue weighted by atomic mass is 35.5. The molecule has 0 N–H and O–H groups in total. The van der Waals surface area contributed by atoms with Gasteiger partial charge in [0.05, 0.1) is 0 Å². The average molecular weight is 175 g/mol. The maximum absolute atomic E-state index is 5.62. The molecule has 2 unspecified atom stereocenters. The lowest BCUT2D eigenvalue weighted by molar-refractivity contribution is 0.380. The van der Waals surface area contributed by atoms with Crippen molar-refractivity contribution in [2.24, 2.45) is 11.8 Å². The van der Waals surface area contributed by atoms with Gasteiger partial charge in [-0.3, -0.25) is 0 Å². The maximum Gasteiger partial charge on any atom is 0.0223 e. The van der Waals surface area contributed by atoms with Crippen molar-refractivity contribution in [3.63, 3.8) is 0 Å². The summed E-state index contributed by atoms with van der Waals surface area (Å²) in [6, 6.07) is 0. The molecule has 0 amide bonds. The molecule has 1 fully saturated rings. The summed E-state index contributed by atoms with van der Waals surface area (Å²) in [6.07, 6.45) is 8.39. The second-order valence-electron chi connectivity index (χ2n) is 3.85. The van der Waals surface area contributed by atoms with Crippen LogP contribution in [0.25, 0.3) is 0 Å². The van der Waals surface area contributed by atoms with Crippen LogP contribution in [0.4, 0.5) is 0 Å². The monoisotopic (exact) mass is 174 g/mol. The molecule has 11 heavy (non-hydrogen) atoms. The predicted molar refractivity (Wildman–Crippen MR) is 51.1 cm³/mol. The Kier molecular flexibility index (Phi) is 4.29. The molecule has 2 atom stereocenters. The number of hydrogen-bond acceptors (Lipinski definition) is 0. The summed E-state index contributed by atoms with van der Waals surface area (Å²) >= 11 is 5.62. The van der Waals surface area contributed by atoms with E-state index in [4.69, 9.17) is 11.6 Å². The molecule has 0 aliphatic heterocycles. The first kappa shape index (κ1) is 9.38. The molecular formula is C10H19Cl. The lowest BCUT2D eigenvalue weighted by Crippen LogP contribution is -2.03. The number of halogens is 1. The summed E-state index contributed by atoms with van der Waals surface area (Å²) in [5.74, 6) is 2.87. The summed E-state index contributed by atoms with van der Waals surface area (Å²) in [5.41, 5.74) is 0. The number of hydrogen-bond donors (Lipinski definition) is 0. The van der Waals surface area contributed by atoms with Crippen molar-refractivity contribution in [1.29, 1.82) is 0 Å². The van der Waals surface area contributed by atoms with Crippen LogP contribution in [-0.4, -0.2) is 5.88 Å². The van der Waals surface area contributed by atoms with Gasteiger partial charge < -0.3 is 0 Å². The van der Waals surface area contributed by atoms with E-state index in [0.29, 0.717) is 0 Å². The number of rotatable bonds is 4. The molecule has 1 aliphatic carbocycles. The molecule has 1 saturated carbocycles. The Morgan fingerprint density at radius 3 is 2.64 bits per heavy atom. The summed E-state index contributed by atoms with van der Waals surface area (Å²) in [7, 11) is 0. The second-order valence-corrected chi connectivity index (χ2v) is 4.23. The molecule has 0 saturated heterocycles. The van der Waals surface area contributed by atoms with Gasteiger partial charge in [-0.25, -0.2) is 0 Å². The molecule has 0 radical (unpaired) electrons. The first-order valence-corrected chi connectivity index (χ1v) is 5.44. The van der Waals surface area contributed by atoms with Crippen molar-refractivity contribution in [3.05, 3.63) is 0 Å². The molecule has 0 aromatic carbocycles. The SMILES string of the molecule is CC1CCCC1CCCCCl. The summed E-state index contributed by atoms with van der Waals surface area (Å²) < 4.78 is 0. The van der Waals surface area contributed by atoms with Crippen molar-refractivity contribution in [2.75, 3.05) is 5.88 Å². The highest BCUT2D eigenvalue weighted by Crippen LogP contribution is 2.34. The van der Waals surface area contributed by atoms with Gasteiger partial charge in [0.15, 0.2) is 0 Å². The predicted octanol–water partition coefficient (Wildman–Crippen LogP) is 3.83. The zero-order valence-corrected chi connectivity index (χ0v) is 8.24. The molecule has 0 aromatic heterocycles. The van der Waals surface area contributed by atoms with E-state index in [9.17, 15) is 0 Å². The van der Waals surface area contributed by atoms with E-state index in [1.54, 1.807) is 0 Å². The largest absolute Gasteiger partial charge is 0.127 e. The van der Waals surface area contributed by atoms with Gasteiger partial charge in [-0.2, -0.15) is 0 Å². The third-order valence-corrected chi connectivity index (χ3v) is 3.26. The van der Waals surface area contributed by atoms with E-state index in [1.165, 1.54) is 38.5 Å². The summed E-state index contributed by atoms with van der Waals surface area (Å²) in [5, 5.41) is 0. The lowest BCUT2D eigenvalue weighted by Gasteiger charge is -2.13. The van der Waals surface area contributed by atoms with Crippen molar-refractivity contribution in [3.8, 4) is 0 Å². The molecule has 0 heterocycles. The molecule has 1 aliphatic rings. The normalized spacial score (nSPS) is 31.1. The molecule has 66 valence electrons. The Labute approximate surface area is 75.3 Å². The van der Waals surface area contributed by atoms with Crippen molar-refractivity contribution >= 4 is 11.6 Å². The van der Waals surface area contributed by atoms with Crippen LogP contribution in [-0.2, 0) is 0 Å². The minimum atomic E-state index is 0.848. The average Bonchev–Trinajstić information content (AvgIpc) is 2.37. The van der Waals surface area contributed by atoms with Gasteiger partial charge in [0.1, 0.15) is 0 Å². The van der Waals surface area contributed by atoms with Crippen LogP contribution in [0, 0.1) is 11.8 Å². The summed E-state index contributed by atoms with van der Waals surface area (Å²) in [6.45, 7) is 2.40. The molecule has 0 bridgehead atoms. The fraction of sp³-hybridized carbons (Fsp3) is 1.00. The molecule has 1 heteroatoms. The molecule has 1 rings (SSSR count). The standard InChI is InChI=1S/C10H19Cl/c1-9-5-4-7-10(9)6-2-3-8-11/h9-10H,2-8H2,1H3. The summed E-state index contributed by atoms with van der Waals surface area (Å²) in [4.78, 5) is 0. The van der Waals surface area contributed by atoms with Crippen molar-refractivity contribution < 1.29 is 0 Å². The van der Waals surface area contributed by atoms with E-state index in [-0.39, 0.29) is 0 Å². The first-order valence-electron chi connectivity index (χ1n) is 4.90. The van der Waals surface area contributed by atoms with Gasteiger partial charge in [-0.1, -0.05) is 39.0 Å². The molecule has 0 spiro atoms. The van der Waals surface area contributed by atoms with Gasteiger partial charge in [0.25, 0.3) is 0 Å². The maximum atomic E-state index is 5.62. The van der Waals surface area contributed by atoms with Crippen LogP contribution < -0.4 is 0 Å². The Morgan fingerprint density at radius 2 is 2.09 bits per heavy atom. The van der Waals surface area contributed by atoms with E-state index < -0.39 is 0 Å². The fourth-order valence-electron chi connectivity index (χ4n) is 2.15. The second kappa shape index (κ2) is 5.03. The van der Waals surface area contributed by atoms with Crippen LogP contribution in [0.15, 0.2) is 0 Å². The highest BCUT2D eigenvalue weighted by molar-refractivity contribution is 6.17. The first-order chi connectivity index (χ1) is 5.34. The van der Waals surface area contributed by atoms with Crippen LogP contribution in [0.3, 0.4) is 0 Å². The van der Waals surface area contributed by atoms with Crippen LogP contribution in [0.5, 0.6) is 0 Å². The molecule has 0 nitrogen and oxygen atoms in total. The van der Waals surface area contributed by atoms with E-state index in [1.807, 2.05) is 0 Å². The zero-order chi connectivity index (χ0) is 8.10. The third-order valence-electron chi connectivity index (χ3n) is 3.00. The van der Waals surface area contributed by atoms with E-state index >= 15 is 0 Å². The van der Waals surface area contributed by atoms with Crippen molar-refractivity contribution in [1.82, 2.24) is 0 Å². The third kappa shape index (κ3) is 3.02. The van der Waals surface area contributed by atoms with Gasteiger partial charge in [-0.15, -0.1) is 11.6 Å². The van der Waals surface area contributed by atoms with Crippen molar-refractivity contribution in [2.45, 2.75) is 45.4 Å². The quantitative estimate of drug-likeness (QED) is 0.449. The Hall–Kier alpha value is 0.290. The van der Waals surface area contributed by atoms with Gasteiger partial charge >= 0.3 is 0 Å². The van der Waals surface area contributed by atoms with E-state index in [2.05, 4.69) is 6.92 Å². The minimum Gasteiger partial charge on any atom is -0.127 e. The lowest BCUT2D eigenvalue weighted by atomic mass is 9.93. The van der Waals surface area contributed by atoms with Gasteiger partial charge in [0, 0.05) is 5.88 Å². The van der Waals surface area contributed by atoms with Crippen LogP contribution in [0.1, 0.15) is 45.4 Å². The Morgan fingerprint density at radius 1 is 1.27 bits per heavy atom. The van der Waals surface area contributed by atoms with Gasteiger partial charge in [0.2, 0.25) is 0 Å². The van der Waals surface area contributed by atoms with Crippen LogP contribution in [0.2, 0.25) is 0 Å². The minimum absolute atomic E-state index is 0.848. The fourth-order valence-corrected chi connectivity index (χ4v) is 2.34. The van der Waals surface area contributed by atoms with Gasteiger partial charge in [-0.05, 0) is 18.3 Å². The number of unbranched alkanes of at least 4 members (excludes halogenated alkanes) is 1. The number of alkyl halides is 1. The Bertz CT molecular complexity index is 101. The van der Waals surface area contributed by atoms with Crippen LogP contribution >= 0.6 is 11.6 Å². The zero-order valence-electron chi connectivity index (χ0n) is 7.48. The molecule has 0 aromatic rings. The molecular weight excluding hydrogens is 156 g/mol.